The van der Waals surface area contributed by atoms with Gasteiger partial charge in [0.05, 0.1) is 32.3 Å². The fourth-order valence-corrected chi connectivity index (χ4v) is 15.7. The molecule has 86 heavy (non-hydrogen) atoms. The van der Waals surface area contributed by atoms with Gasteiger partial charge in [0.25, 0.3) is 11.8 Å². The fourth-order valence-electron chi connectivity index (χ4n) is 12.0. The third-order valence-electron chi connectivity index (χ3n) is 16.8. The molecule has 4 aromatic rings. The van der Waals surface area contributed by atoms with Crippen LogP contribution in [0.25, 0.3) is 37.3 Å². The highest BCUT2D eigenvalue weighted by Gasteiger charge is 2.50. The summed E-state index contributed by atoms with van der Waals surface area (Å²) < 4.78 is 6.02. The first-order valence-corrected chi connectivity index (χ1v) is 39.9. The highest BCUT2D eigenvalue weighted by molar-refractivity contribution is 8.31. The van der Waals surface area contributed by atoms with Crippen LogP contribution in [0.15, 0.2) is 53.0 Å². The summed E-state index contributed by atoms with van der Waals surface area (Å²) in [4.78, 5) is 42.7. The molecule has 3 unspecified atom stereocenters. The Morgan fingerprint density at radius 1 is 0.547 bits per heavy atom. The molecule has 488 valence electrons. The smallest absolute Gasteiger partial charge is 0.261 e. The zero-order valence-electron chi connectivity index (χ0n) is 57.1. The third-order valence-corrected chi connectivity index (χ3v) is 21.2. The Balaban J connectivity index is 0.00000177. The Hall–Kier alpha value is -2.17. The van der Waals surface area contributed by atoms with Crippen LogP contribution in [0.4, 0.5) is 0 Å². The van der Waals surface area contributed by atoms with E-state index in [0.29, 0.717) is 36.1 Å². The molecule has 1 aromatic carbocycles. The number of ether oxygens (including phenoxy) is 1. The lowest BCUT2D eigenvalue weighted by atomic mass is 9.93. The predicted octanol–water partition coefficient (Wildman–Crippen LogP) is 25.7. The van der Waals surface area contributed by atoms with Crippen LogP contribution in [0, 0.1) is 18.8 Å². The van der Waals surface area contributed by atoms with E-state index in [1.807, 2.05) is 31.3 Å². The van der Waals surface area contributed by atoms with Gasteiger partial charge < -0.3 is 14.5 Å². The van der Waals surface area contributed by atoms with Crippen LogP contribution in [0.2, 0.25) is 0 Å². The van der Waals surface area contributed by atoms with Gasteiger partial charge in [-0.05, 0) is 123 Å². The summed E-state index contributed by atoms with van der Waals surface area (Å²) in [5, 5.41) is 1.29. The van der Waals surface area contributed by atoms with Crippen molar-refractivity contribution >= 4 is 107 Å². The summed E-state index contributed by atoms with van der Waals surface area (Å²) in [5.74, 6) is 0.850. The van der Waals surface area contributed by atoms with Crippen LogP contribution in [-0.4, -0.2) is 48.4 Å². The third kappa shape index (κ3) is 25.5. The molecule has 0 saturated carbocycles. The van der Waals surface area contributed by atoms with Crippen LogP contribution >= 0.6 is 67.3 Å². The lowest BCUT2D eigenvalue weighted by molar-refractivity contribution is -0.124. The number of amides is 2. The summed E-state index contributed by atoms with van der Waals surface area (Å²) in [5.41, 5.74) is 6.89. The number of aryl methyl sites for hydroxylation is 2. The van der Waals surface area contributed by atoms with E-state index in [2.05, 4.69) is 137 Å². The molecule has 0 spiro atoms. The molecular formula is C75H125N2O3PS5. The second-order valence-electron chi connectivity index (χ2n) is 23.9. The standard InChI is InChI=1S/C65H96N2O2S4.C5H12O.C3H8.C2H6.H3PS/c1-9-16-21-26-28-32-37-48(35-30-23-18-11-3)45-66-60(55-41-40-50(14-6)71-55)58-59(65(66)69)61(67(64(58)68)46-49(36-31-24-19-12-4)38-33-29-27-22-17-10-2)56-43-42-54(72-56)57-44-53-52(39-34-25-20-13-5)51(15-7)47(8)62(70)63(53)73-57;1-3-4-5-6-2;1-3-2;2*1-2/h15,40-44,48-49,70H,7,9-14,16-39,45-46H2,1-6,8H3;3-5H2,1-2H3;3H2,1-2H3;1-2H3;2H,1H2. The van der Waals surface area contributed by atoms with E-state index >= 15 is 9.59 Å². The Labute approximate surface area is 554 Å². The number of benzene rings is 1. The number of rotatable bonds is 41. The Morgan fingerprint density at radius 3 is 1.35 bits per heavy atom. The SMILES string of the molecule is C=Cc1c(C)c(S)c2sc(-c3ccc(C4=C5C(=O)N(CC(CCCCCC)CCCCCCCC)C(c6ccc(CC)s6)=C5C(=O)N4CC(CCCCCC)CCCCCCCC)s3)cc2c1CCCCCC.CC.CCC.CCCCOC.PS. The molecule has 6 rings (SSSR count). The zero-order valence-corrected chi connectivity index (χ0v) is 62.5. The second kappa shape index (κ2) is 48.6. The summed E-state index contributed by atoms with van der Waals surface area (Å²) >= 11 is 14.0. The first-order valence-electron chi connectivity index (χ1n) is 35.0. The Bertz CT molecular complexity index is 2530. The van der Waals surface area contributed by atoms with Crippen LogP contribution in [0.3, 0.4) is 0 Å². The summed E-state index contributed by atoms with van der Waals surface area (Å²) in [6.45, 7) is 32.8. The molecule has 5 heterocycles. The average Bonchev–Trinajstić information content (AvgIpc) is 1.61. The minimum absolute atomic E-state index is 0.0379. The molecule has 11 heteroatoms. The lowest BCUT2D eigenvalue weighted by Gasteiger charge is -2.29. The van der Waals surface area contributed by atoms with Gasteiger partial charge in [0, 0.05) is 51.0 Å². The zero-order chi connectivity index (χ0) is 63.7. The molecule has 3 aromatic heterocycles. The van der Waals surface area contributed by atoms with Crippen molar-refractivity contribution < 1.29 is 14.3 Å². The van der Waals surface area contributed by atoms with Crippen LogP contribution in [-0.2, 0) is 27.2 Å². The maximum atomic E-state index is 15.8. The molecule has 0 bridgehead atoms. The van der Waals surface area contributed by atoms with E-state index in [0.717, 1.165) is 77.6 Å². The van der Waals surface area contributed by atoms with E-state index in [4.69, 9.17) is 17.4 Å². The van der Waals surface area contributed by atoms with E-state index in [9.17, 15) is 0 Å². The summed E-state index contributed by atoms with van der Waals surface area (Å²) in [6.07, 6.45) is 42.0. The number of thiophene rings is 3. The highest BCUT2D eigenvalue weighted by Crippen LogP contribution is 2.52. The van der Waals surface area contributed by atoms with E-state index in [1.165, 1.54) is 208 Å². The van der Waals surface area contributed by atoms with Gasteiger partial charge in [-0.25, -0.2) is 0 Å². The monoisotopic (exact) mass is 1290 g/mol. The number of hydrogen-bond donors (Lipinski definition) is 2. The molecule has 0 fully saturated rings. The first-order chi connectivity index (χ1) is 42.0. The quantitative estimate of drug-likeness (QED) is 0.0265. The average molecular weight is 1290 g/mol. The minimum Gasteiger partial charge on any atom is -0.385 e. The fraction of sp³-hybridized carbons (Fsp3) is 0.680. The maximum absolute atomic E-state index is 15.8. The second-order valence-corrected chi connectivity index (χ2v) is 27.6. The molecule has 2 aliphatic heterocycles. The van der Waals surface area contributed by atoms with Crippen LogP contribution < -0.4 is 0 Å². The topological polar surface area (TPSA) is 49.9 Å². The number of fused-ring (bicyclic) bond motifs is 2. The number of methoxy groups -OCH3 is 1. The van der Waals surface area contributed by atoms with Crippen LogP contribution in [0.5, 0.6) is 0 Å². The van der Waals surface area contributed by atoms with Gasteiger partial charge in [-0.1, -0.05) is 258 Å². The molecule has 2 amide bonds. The van der Waals surface area contributed by atoms with Crippen molar-refractivity contribution in [3.05, 3.63) is 79.4 Å². The molecule has 0 saturated heterocycles. The van der Waals surface area contributed by atoms with Gasteiger partial charge in [0.1, 0.15) is 0 Å². The number of nitrogens with zero attached hydrogens (tertiary/aromatic N) is 2. The van der Waals surface area contributed by atoms with E-state index < -0.39 is 0 Å². The molecule has 0 radical (unpaired) electrons. The van der Waals surface area contributed by atoms with Gasteiger partial charge >= 0.3 is 0 Å². The molecule has 0 aliphatic carbocycles. The molecule has 5 nitrogen and oxygen atoms in total. The molecule has 2 aliphatic rings. The van der Waals surface area contributed by atoms with Gasteiger partial charge in [-0.3, -0.25) is 9.59 Å². The minimum atomic E-state index is 0.0379. The maximum Gasteiger partial charge on any atom is 0.261 e. The van der Waals surface area contributed by atoms with Gasteiger partial charge in [-0.15, -0.1) is 46.6 Å². The summed E-state index contributed by atoms with van der Waals surface area (Å²) in [6, 6.07) is 11.3. The van der Waals surface area contributed by atoms with Gasteiger partial charge in [0.2, 0.25) is 0 Å². The van der Waals surface area contributed by atoms with Crippen molar-refractivity contribution in [1.29, 1.82) is 0 Å². The number of carbonyl (C=O) groups is 2. The molecule has 0 N–H and O–H groups in total. The van der Waals surface area contributed by atoms with Crippen molar-refractivity contribution in [2.45, 2.75) is 300 Å². The van der Waals surface area contributed by atoms with Crippen molar-refractivity contribution in [3.8, 4) is 9.75 Å². The van der Waals surface area contributed by atoms with Crippen molar-refractivity contribution in [1.82, 2.24) is 9.80 Å². The van der Waals surface area contributed by atoms with E-state index in [-0.39, 0.29) is 11.8 Å². The number of thiol groups is 2. The molecule has 3 atom stereocenters. The first kappa shape index (κ1) is 79.9. The Kier molecular flexibility index (Phi) is 45.2. The van der Waals surface area contributed by atoms with E-state index in [1.54, 1.807) is 29.8 Å². The number of carbonyl (C=O) groups excluding carboxylic acids is 2. The lowest BCUT2D eigenvalue weighted by Crippen LogP contribution is -2.34. The largest absolute Gasteiger partial charge is 0.385 e. The number of hydrogen-bond acceptors (Lipinski definition) is 8. The van der Waals surface area contributed by atoms with Crippen molar-refractivity contribution in [2.24, 2.45) is 11.8 Å². The summed E-state index contributed by atoms with van der Waals surface area (Å²) in [7, 11) is 3.84. The highest BCUT2D eigenvalue weighted by atomic mass is 32.7. The van der Waals surface area contributed by atoms with Crippen molar-refractivity contribution in [3.63, 3.8) is 0 Å². The Morgan fingerprint density at radius 2 is 0.942 bits per heavy atom. The normalized spacial score (nSPS) is 13.5. The van der Waals surface area contributed by atoms with Gasteiger partial charge in [0.15, 0.2) is 0 Å². The predicted molar refractivity (Wildman–Crippen MR) is 399 cm³/mol. The number of unbranched alkanes of at least 4 members (excludes halogenated alkanes) is 20. The van der Waals surface area contributed by atoms with Gasteiger partial charge in [-0.2, -0.15) is 12.2 Å². The van der Waals surface area contributed by atoms with Crippen molar-refractivity contribution in [2.75, 3.05) is 26.8 Å². The molecular weight excluding hydrogens is 1170 g/mol. The van der Waals surface area contributed by atoms with Crippen LogP contribution in [0.1, 0.15) is 307 Å².